The summed E-state index contributed by atoms with van der Waals surface area (Å²) in [5, 5.41) is 22.0. The summed E-state index contributed by atoms with van der Waals surface area (Å²) in [5.74, 6) is 0.886. The average Bonchev–Trinajstić information content (AvgIpc) is 2.88. The van der Waals surface area contributed by atoms with Crippen LogP contribution in [0.3, 0.4) is 0 Å². The summed E-state index contributed by atoms with van der Waals surface area (Å²) in [4.78, 5) is 14.8. The molecule has 2 aromatic rings. The first-order chi connectivity index (χ1) is 10.1. The molecule has 0 spiro atoms. The molecule has 0 amide bonds. The van der Waals surface area contributed by atoms with Crippen LogP contribution >= 0.6 is 0 Å². The lowest BCUT2D eigenvalue weighted by Crippen LogP contribution is -2.38. The first-order valence-corrected chi connectivity index (χ1v) is 6.84. The Balaban J connectivity index is 1.60. The SMILES string of the molecule is Cc1ccnc(NC2CC(Cn3ccnn3)C2)c1[N+](=O)[O-]. The van der Waals surface area contributed by atoms with Gasteiger partial charge in [0.15, 0.2) is 0 Å². The quantitative estimate of drug-likeness (QED) is 0.665. The van der Waals surface area contributed by atoms with E-state index in [1.54, 1.807) is 25.4 Å². The molecule has 1 aliphatic carbocycles. The zero-order valence-corrected chi connectivity index (χ0v) is 11.6. The third-order valence-corrected chi connectivity index (χ3v) is 3.80. The van der Waals surface area contributed by atoms with Crippen molar-refractivity contribution in [2.75, 3.05) is 5.32 Å². The van der Waals surface area contributed by atoms with Crippen LogP contribution in [0.5, 0.6) is 0 Å². The van der Waals surface area contributed by atoms with Crippen LogP contribution in [0.2, 0.25) is 0 Å². The van der Waals surface area contributed by atoms with Crippen LogP contribution in [0.1, 0.15) is 18.4 Å². The molecule has 3 rings (SSSR count). The van der Waals surface area contributed by atoms with Gasteiger partial charge in [-0.15, -0.1) is 5.10 Å². The third-order valence-electron chi connectivity index (χ3n) is 3.80. The fourth-order valence-corrected chi connectivity index (χ4v) is 2.68. The molecule has 0 bridgehead atoms. The highest BCUT2D eigenvalue weighted by atomic mass is 16.6. The number of anilines is 1. The van der Waals surface area contributed by atoms with Gasteiger partial charge in [-0.25, -0.2) is 4.98 Å². The molecule has 0 saturated heterocycles. The zero-order chi connectivity index (χ0) is 14.8. The number of hydrogen-bond donors (Lipinski definition) is 1. The van der Waals surface area contributed by atoms with E-state index in [-0.39, 0.29) is 16.7 Å². The maximum Gasteiger partial charge on any atom is 0.314 e. The molecule has 8 heteroatoms. The molecule has 21 heavy (non-hydrogen) atoms. The number of nitrogens with zero attached hydrogens (tertiary/aromatic N) is 5. The second kappa shape index (κ2) is 5.47. The van der Waals surface area contributed by atoms with Crippen molar-refractivity contribution in [2.45, 2.75) is 32.4 Å². The van der Waals surface area contributed by atoms with Gasteiger partial charge in [-0.05, 0) is 31.7 Å². The molecule has 0 radical (unpaired) electrons. The Hall–Kier alpha value is -2.51. The lowest BCUT2D eigenvalue weighted by atomic mass is 9.80. The van der Waals surface area contributed by atoms with E-state index in [0.29, 0.717) is 17.3 Å². The van der Waals surface area contributed by atoms with Gasteiger partial charge < -0.3 is 5.32 Å². The number of aromatic nitrogens is 4. The Morgan fingerprint density at radius 2 is 2.29 bits per heavy atom. The van der Waals surface area contributed by atoms with Crippen molar-refractivity contribution in [1.82, 2.24) is 20.0 Å². The van der Waals surface area contributed by atoms with Crippen LogP contribution in [0.4, 0.5) is 11.5 Å². The minimum atomic E-state index is -0.379. The van der Waals surface area contributed by atoms with E-state index in [1.807, 2.05) is 10.9 Å². The highest BCUT2D eigenvalue weighted by Crippen LogP contribution is 2.34. The molecule has 2 aromatic heterocycles. The van der Waals surface area contributed by atoms with E-state index < -0.39 is 0 Å². The summed E-state index contributed by atoms with van der Waals surface area (Å²) in [6.45, 7) is 2.56. The van der Waals surface area contributed by atoms with Gasteiger partial charge in [0.1, 0.15) is 0 Å². The first-order valence-electron chi connectivity index (χ1n) is 6.84. The summed E-state index contributed by atoms with van der Waals surface area (Å²) in [6, 6.07) is 1.88. The molecular weight excluding hydrogens is 272 g/mol. The van der Waals surface area contributed by atoms with Crippen molar-refractivity contribution in [3.8, 4) is 0 Å². The number of rotatable bonds is 5. The van der Waals surface area contributed by atoms with Gasteiger partial charge in [0.25, 0.3) is 0 Å². The molecule has 110 valence electrons. The van der Waals surface area contributed by atoms with E-state index in [9.17, 15) is 10.1 Å². The van der Waals surface area contributed by atoms with Crippen LogP contribution in [0.15, 0.2) is 24.7 Å². The fraction of sp³-hybridized carbons (Fsp3) is 0.462. The maximum absolute atomic E-state index is 11.1. The molecule has 8 nitrogen and oxygen atoms in total. The second-order valence-corrected chi connectivity index (χ2v) is 5.39. The van der Waals surface area contributed by atoms with Gasteiger partial charge in [0.2, 0.25) is 5.82 Å². The largest absolute Gasteiger partial charge is 0.362 e. The fourth-order valence-electron chi connectivity index (χ4n) is 2.68. The van der Waals surface area contributed by atoms with E-state index in [0.717, 1.165) is 19.4 Å². The molecule has 1 saturated carbocycles. The van der Waals surface area contributed by atoms with Crippen LogP contribution in [0, 0.1) is 23.0 Å². The minimum absolute atomic E-state index is 0.0669. The minimum Gasteiger partial charge on any atom is -0.362 e. The van der Waals surface area contributed by atoms with Crippen LogP contribution in [-0.4, -0.2) is 30.9 Å². The Morgan fingerprint density at radius 1 is 1.48 bits per heavy atom. The van der Waals surface area contributed by atoms with Gasteiger partial charge in [-0.3, -0.25) is 14.8 Å². The van der Waals surface area contributed by atoms with Crippen LogP contribution < -0.4 is 5.32 Å². The Bertz CT molecular complexity index is 636. The van der Waals surface area contributed by atoms with E-state index in [4.69, 9.17) is 0 Å². The number of pyridine rings is 1. The van der Waals surface area contributed by atoms with Gasteiger partial charge in [0.05, 0.1) is 11.1 Å². The molecular formula is C13H16N6O2. The Morgan fingerprint density at radius 3 is 2.95 bits per heavy atom. The van der Waals surface area contributed by atoms with E-state index >= 15 is 0 Å². The van der Waals surface area contributed by atoms with Gasteiger partial charge in [-0.2, -0.15) is 0 Å². The molecule has 0 aromatic carbocycles. The van der Waals surface area contributed by atoms with Crippen molar-refractivity contribution in [3.63, 3.8) is 0 Å². The lowest BCUT2D eigenvalue weighted by molar-refractivity contribution is -0.384. The molecule has 1 N–H and O–H groups in total. The normalized spacial score (nSPS) is 20.8. The Kier molecular flexibility index (Phi) is 3.51. The summed E-state index contributed by atoms with van der Waals surface area (Å²) < 4.78 is 1.81. The number of nitrogens with one attached hydrogen (secondary N) is 1. The second-order valence-electron chi connectivity index (χ2n) is 5.39. The van der Waals surface area contributed by atoms with Crippen molar-refractivity contribution in [1.29, 1.82) is 0 Å². The molecule has 2 heterocycles. The van der Waals surface area contributed by atoms with Crippen molar-refractivity contribution >= 4 is 11.5 Å². The van der Waals surface area contributed by atoms with Gasteiger partial charge in [-0.1, -0.05) is 5.21 Å². The highest BCUT2D eigenvalue weighted by molar-refractivity contribution is 5.60. The topological polar surface area (TPSA) is 98.8 Å². The highest BCUT2D eigenvalue weighted by Gasteiger charge is 2.31. The van der Waals surface area contributed by atoms with Crippen molar-refractivity contribution in [3.05, 3.63) is 40.3 Å². The molecule has 1 fully saturated rings. The smallest absolute Gasteiger partial charge is 0.314 e. The Labute approximate surface area is 121 Å². The predicted octanol–water partition coefficient (Wildman–Crippen LogP) is 1.78. The lowest BCUT2D eigenvalue weighted by Gasteiger charge is -2.35. The van der Waals surface area contributed by atoms with E-state index in [1.165, 1.54) is 0 Å². The van der Waals surface area contributed by atoms with Crippen LogP contribution in [0.25, 0.3) is 0 Å². The summed E-state index contributed by atoms with van der Waals surface area (Å²) >= 11 is 0. The maximum atomic E-state index is 11.1. The molecule has 1 aliphatic rings. The number of hydrogen-bond acceptors (Lipinski definition) is 6. The van der Waals surface area contributed by atoms with Crippen molar-refractivity contribution < 1.29 is 4.92 Å². The average molecular weight is 288 g/mol. The standard InChI is InChI=1S/C13H16N6O2/c1-9-2-3-14-13(12(9)19(20)21)16-11-6-10(7-11)8-18-5-4-15-17-18/h2-5,10-11H,6-8H2,1H3,(H,14,16). The first kappa shape index (κ1) is 13.5. The van der Waals surface area contributed by atoms with Crippen molar-refractivity contribution in [2.24, 2.45) is 5.92 Å². The summed E-state index contributed by atoms with van der Waals surface area (Å²) in [7, 11) is 0. The van der Waals surface area contributed by atoms with Gasteiger partial charge >= 0.3 is 5.69 Å². The summed E-state index contributed by atoms with van der Waals surface area (Å²) in [5.41, 5.74) is 0.688. The van der Waals surface area contributed by atoms with E-state index in [2.05, 4.69) is 20.6 Å². The zero-order valence-electron chi connectivity index (χ0n) is 11.6. The molecule has 0 unspecified atom stereocenters. The molecule has 0 aliphatic heterocycles. The molecule has 0 atom stereocenters. The number of aryl methyl sites for hydroxylation is 1. The van der Waals surface area contributed by atoms with Gasteiger partial charge in [0, 0.05) is 30.5 Å². The predicted molar refractivity (Wildman–Crippen MR) is 75.8 cm³/mol. The third kappa shape index (κ3) is 2.83. The number of nitro groups is 1. The van der Waals surface area contributed by atoms with Crippen LogP contribution in [-0.2, 0) is 6.54 Å². The summed E-state index contributed by atoms with van der Waals surface area (Å²) in [6.07, 6.45) is 7.00. The monoisotopic (exact) mass is 288 g/mol.